The lowest BCUT2D eigenvalue weighted by Crippen LogP contribution is -2.34. The molecule has 0 saturated heterocycles. The van der Waals surface area contributed by atoms with Crippen LogP contribution < -0.4 is 10.1 Å². The van der Waals surface area contributed by atoms with E-state index in [9.17, 15) is 10.2 Å². The summed E-state index contributed by atoms with van der Waals surface area (Å²) in [6, 6.07) is 7.68. The Morgan fingerprint density at radius 2 is 1.40 bits per heavy atom. The molecule has 3 atom stereocenters. The highest BCUT2D eigenvalue weighted by Crippen LogP contribution is 2.20. The van der Waals surface area contributed by atoms with Crippen LogP contribution >= 0.6 is 0 Å². The third kappa shape index (κ3) is 13.9. The second-order valence-corrected chi connectivity index (χ2v) is 8.84. The Morgan fingerprint density at radius 1 is 0.833 bits per heavy atom. The maximum Gasteiger partial charge on any atom is 0.121 e. The van der Waals surface area contributed by atoms with Gasteiger partial charge < -0.3 is 20.3 Å². The Hall–Kier alpha value is -1.26. The van der Waals surface area contributed by atoms with Gasteiger partial charge in [0.05, 0.1) is 24.9 Å². The number of benzene rings is 1. The fourth-order valence-corrected chi connectivity index (χ4v) is 3.77. The zero-order chi connectivity index (χ0) is 22.0. The summed E-state index contributed by atoms with van der Waals surface area (Å²) in [5, 5.41) is 22.8. The molecule has 3 N–H and O–H groups in total. The molecule has 0 radical (unpaired) electrons. The zero-order valence-electron chi connectivity index (χ0n) is 19.7. The smallest absolute Gasteiger partial charge is 0.121 e. The summed E-state index contributed by atoms with van der Waals surface area (Å²) >= 11 is 0. The van der Waals surface area contributed by atoms with Crippen molar-refractivity contribution in [2.24, 2.45) is 0 Å². The van der Waals surface area contributed by atoms with Crippen molar-refractivity contribution in [2.75, 3.05) is 11.9 Å². The van der Waals surface area contributed by atoms with E-state index in [1.165, 1.54) is 70.6 Å². The van der Waals surface area contributed by atoms with Crippen LogP contribution in [0.25, 0.3) is 0 Å². The van der Waals surface area contributed by atoms with Gasteiger partial charge in [0.25, 0.3) is 0 Å². The summed E-state index contributed by atoms with van der Waals surface area (Å²) in [4.78, 5) is 0. The van der Waals surface area contributed by atoms with Gasteiger partial charge in [-0.25, -0.2) is 0 Å². The molecule has 0 spiro atoms. The summed E-state index contributed by atoms with van der Waals surface area (Å²) in [6.45, 7) is 6.50. The molecule has 174 valence electrons. The van der Waals surface area contributed by atoms with Crippen LogP contribution in [0.3, 0.4) is 0 Å². The van der Waals surface area contributed by atoms with E-state index in [1.807, 2.05) is 24.3 Å². The molecule has 1 rings (SSSR count). The van der Waals surface area contributed by atoms with E-state index in [1.54, 1.807) is 13.8 Å². The van der Waals surface area contributed by atoms with Crippen LogP contribution in [0.5, 0.6) is 5.75 Å². The minimum absolute atomic E-state index is 0.184. The molecule has 0 aliphatic rings. The number of ether oxygens (including phenoxy) is 1. The summed E-state index contributed by atoms with van der Waals surface area (Å²) in [5.74, 6) is 0.851. The average Bonchev–Trinajstić information content (AvgIpc) is 2.71. The number of aliphatic hydroxyl groups is 2. The number of hydrogen-bond acceptors (Lipinski definition) is 4. The van der Waals surface area contributed by atoms with E-state index in [0.717, 1.165) is 24.5 Å². The van der Waals surface area contributed by atoms with E-state index in [0.29, 0.717) is 6.42 Å². The highest BCUT2D eigenvalue weighted by Gasteiger charge is 2.17. The van der Waals surface area contributed by atoms with Gasteiger partial charge in [0.15, 0.2) is 0 Å². The number of unbranched alkanes of at least 4 members (excludes halogenated alkanes) is 11. The molecule has 4 nitrogen and oxygen atoms in total. The monoisotopic (exact) mass is 421 g/mol. The van der Waals surface area contributed by atoms with Crippen LogP contribution in [0.4, 0.5) is 5.69 Å². The maximum atomic E-state index is 9.92. The first kappa shape index (κ1) is 26.8. The topological polar surface area (TPSA) is 61.7 Å². The van der Waals surface area contributed by atoms with E-state index in [4.69, 9.17) is 4.74 Å². The van der Waals surface area contributed by atoms with Crippen LogP contribution in [0, 0.1) is 0 Å². The van der Waals surface area contributed by atoms with Crippen molar-refractivity contribution in [3.8, 4) is 5.75 Å². The van der Waals surface area contributed by atoms with Gasteiger partial charge in [0, 0.05) is 11.8 Å². The van der Waals surface area contributed by atoms with Crippen molar-refractivity contribution < 1.29 is 14.9 Å². The van der Waals surface area contributed by atoms with Gasteiger partial charge in [0.2, 0.25) is 0 Å². The molecule has 0 aromatic heterocycles. The van der Waals surface area contributed by atoms with Gasteiger partial charge in [-0.05, 0) is 38.8 Å². The molecule has 0 bridgehead atoms. The van der Waals surface area contributed by atoms with Crippen molar-refractivity contribution in [1.82, 2.24) is 0 Å². The van der Waals surface area contributed by atoms with Crippen LogP contribution in [-0.4, -0.2) is 35.1 Å². The molecule has 0 saturated carbocycles. The summed E-state index contributed by atoms with van der Waals surface area (Å²) in [5.41, 5.74) is 0.911. The van der Waals surface area contributed by atoms with E-state index in [-0.39, 0.29) is 6.04 Å². The lowest BCUT2D eigenvalue weighted by molar-refractivity contribution is 0.121. The fourth-order valence-electron chi connectivity index (χ4n) is 3.77. The number of nitrogens with one attached hydrogen (secondary N) is 1. The van der Waals surface area contributed by atoms with Crippen LogP contribution in [0.1, 0.15) is 104 Å². The number of hydrogen-bond donors (Lipinski definition) is 3. The summed E-state index contributed by atoms with van der Waals surface area (Å²) in [6.07, 6.45) is 15.6. The van der Waals surface area contributed by atoms with Gasteiger partial charge in [-0.1, -0.05) is 83.6 Å². The molecule has 0 aliphatic carbocycles. The largest absolute Gasteiger partial charge is 0.494 e. The van der Waals surface area contributed by atoms with Gasteiger partial charge in [-0.3, -0.25) is 0 Å². The predicted molar refractivity (Wildman–Crippen MR) is 128 cm³/mol. The zero-order valence-corrected chi connectivity index (χ0v) is 19.7. The van der Waals surface area contributed by atoms with E-state index in [2.05, 4.69) is 12.2 Å². The van der Waals surface area contributed by atoms with Crippen LogP contribution in [0.2, 0.25) is 0 Å². The van der Waals surface area contributed by atoms with Crippen LogP contribution in [-0.2, 0) is 0 Å². The van der Waals surface area contributed by atoms with Gasteiger partial charge in [-0.15, -0.1) is 0 Å². The first-order chi connectivity index (χ1) is 14.5. The molecule has 1 aromatic rings. The Kier molecular flexibility index (Phi) is 15.6. The average molecular weight is 422 g/mol. The summed E-state index contributed by atoms with van der Waals surface area (Å²) < 4.78 is 5.91. The van der Waals surface area contributed by atoms with Gasteiger partial charge in [0.1, 0.15) is 5.75 Å². The quantitative estimate of drug-likeness (QED) is 0.218. The third-order valence-corrected chi connectivity index (χ3v) is 5.63. The van der Waals surface area contributed by atoms with Crippen molar-refractivity contribution in [2.45, 2.75) is 122 Å². The van der Waals surface area contributed by atoms with Crippen molar-refractivity contribution in [3.63, 3.8) is 0 Å². The molecule has 30 heavy (non-hydrogen) atoms. The molecule has 0 fully saturated rings. The Bertz CT molecular complexity index is 519. The van der Waals surface area contributed by atoms with E-state index >= 15 is 0 Å². The maximum absolute atomic E-state index is 9.92. The second kappa shape index (κ2) is 17.4. The van der Waals surface area contributed by atoms with Crippen molar-refractivity contribution in [1.29, 1.82) is 0 Å². The lowest BCUT2D eigenvalue weighted by atomic mass is 10.1. The Morgan fingerprint density at radius 3 is 1.93 bits per heavy atom. The molecule has 3 unspecified atom stereocenters. The number of anilines is 1. The highest BCUT2D eigenvalue weighted by atomic mass is 16.5. The normalized spacial score (nSPS) is 14.3. The molecule has 0 amide bonds. The Balaban J connectivity index is 2.11. The SMILES string of the molecule is CCCCCCCCCCCCCCOc1cccc(NC(CC(C)O)C(C)O)c1. The standard InChI is InChI=1S/C26H47NO3/c1-4-5-6-7-8-9-10-11-12-13-14-15-19-30-25-18-16-17-24(21-25)27-26(23(3)29)20-22(2)28/h16-18,21-23,26-29H,4-15,19-20H2,1-3H3. The fraction of sp³-hybridized carbons (Fsp3) is 0.769. The van der Waals surface area contributed by atoms with Crippen molar-refractivity contribution >= 4 is 5.69 Å². The molecular formula is C26H47NO3. The Labute approximate surface area is 185 Å². The van der Waals surface area contributed by atoms with Crippen LogP contribution in [0.15, 0.2) is 24.3 Å². The van der Waals surface area contributed by atoms with E-state index < -0.39 is 12.2 Å². The third-order valence-electron chi connectivity index (χ3n) is 5.63. The molecule has 0 heterocycles. The first-order valence-electron chi connectivity index (χ1n) is 12.4. The minimum atomic E-state index is -0.537. The molecule has 4 heteroatoms. The highest BCUT2D eigenvalue weighted by molar-refractivity contribution is 5.49. The van der Waals surface area contributed by atoms with Gasteiger partial charge in [-0.2, -0.15) is 0 Å². The summed E-state index contributed by atoms with van der Waals surface area (Å²) in [7, 11) is 0. The molecule has 1 aromatic carbocycles. The first-order valence-corrected chi connectivity index (χ1v) is 12.4. The van der Waals surface area contributed by atoms with Crippen molar-refractivity contribution in [3.05, 3.63) is 24.3 Å². The predicted octanol–water partition coefficient (Wildman–Crippen LogP) is 6.70. The minimum Gasteiger partial charge on any atom is -0.494 e. The number of rotatable bonds is 19. The lowest BCUT2D eigenvalue weighted by Gasteiger charge is -2.24. The molecule has 0 aliphatic heterocycles. The number of aliphatic hydroxyl groups excluding tert-OH is 2. The molecular weight excluding hydrogens is 374 g/mol. The second-order valence-electron chi connectivity index (χ2n) is 8.84. The van der Waals surface area contributed by atoms with Gasteiger partial charge >= 0.3 is 0 Å².